The number of piperidine rings is 1. The van der Waals surface area contributed by atoms with E-state index in [9.17, 15) is 4.39 Å². The molecule has 1 saturated heterocycles. The van der Waals surface area contributed by atoms with E-state index in [0.29, 0.717) is 10.6 Å². The van der Waals surface area contributed by atoms with Crippen molar-refractivity contribution < 1.29 is 4.39 Å². The Morgan fingerprint density at radius 2 is 2.06 bits per heavy atom. The lowest BCUT2D eigenvalue weighted by molar-refractivity contribution is 0.409. The summed E-state index contributed by atoms with van der Waals surface area (Å²) >= 11 is 6.14. The quantitative estimate of drug-likeness (QED) is 0.786. The molecule has 0 radical (unpaired) electrons. The molecule has 1 aliphatic heterocycles. The molecule has 88 valence electrons. The van der Waals surface area contributed by atoms with Crippen molar-refractivity contribution in [1.82, 2.24) is 5.32 Å². The highest BCUT2D eigenvalue weighted by Gasteiger charge is 2.20. The van der Waals surface area contributed by atoms with Crippen LogP contribution in [0.15, 0.2) is 6.07 Å². The van der Waals surface area contributed by atoms with E-state index in [0.717, 1.165) is 24.1 Å². The van der Waals surface area contributed by atoms with Gasteiger partial charge in [-0.3, -0.25) is 0 Å². The van der Waals surface area contributed by atoms with Gasteiger partial charge in [-0.25, -0.2) is 4.39 Å². The van der Waals surface area contributed by atoms with Gasteiger partial charge < -0.3 is 5.32 Å². The Morgan fingerprint density at radius 3 is 2.69 bits per heavy atom. The Labute approximate surface area is 101 Å². The van der Waals surface area contributed by atoms with Crippen molar-refractivity contribution in [3.05, 3.63) is 33.6 Å². The van der Waals surface area contributed by atoms with E-state index in [2.05, 4.69) is 5.32 Å². The third kappa shape index (κ3) is 2.09. The molecule has 1 N–H and O–H groups in total. The second-order valence-corrected chi connectivity index (χ2v) is 4.89. The molecule has 0 amide bonds. The Morgan fingerprint density at radius 1 is 1.31 bits per heavy atom. The van der Waals surface area contributed by atoms with Crippen LogP contribution in [0, 0.1) is 19.7 Å². The van der Waals surface area contributed by atoms with Gasteiger partial charge in [0.1, 0.15) is 5.82 Å². The van der Waals surface area contributed by atoms with Gasteiger partial charge in [-0.15, -0.1) is 0 Å². The van der Waals surface area contributed by atoms with Crippen LogP contribution < -0.4 is 5.32 Å². The van der Waals surface area contributed by atoms with Crippen molar-refractivity contribution in [2.45, 2.75) is 39.2 Å². The summed E-state index contributed by atoms with van der Waals surface area (Å²) in [4.78, 5) is 0. The van der Waals surface area contributed by atoms with Crippen LogP contribution in [0.5, 0.6) is 0 Å². The minimum Gasteiger partial charge on any atom is -0.310 e. The molecule has 1 unspecified atom stereocenters. The first kappa shape index (κ1) is 11.9. The summed E-state index contributed by atoms with van der Waals surface area (Å²) < 4.78 is 13.7. The molecule has 1 atom stereocenters. The zero-order valence-electron chi connectivity index (χ0n) is 9.74. The second-order valence-electron chi connectivity index (χ2n) is 4.51. The molecule has 2 rings (SSSR count). The normalized spacial score (nSPS) is 21.1. The fraction of sp³-hybridized carbons (Fsp3) is 0.538. The SMILES string of the molecule is Cc1c(F)cc(C2CCCCN2)c(C)c1Cl. The van der Waals surface area contributed by atoms with E-state index in [1.165, 1.54) is 12.8 Å². The van der Waals surface area contributed by atoms with E-state index < -0.39 is 0 Å². The molecule has 0 aromatic heterocycles. The van der Waals surface area contributed by atoms with Crippen molar-refractivity contribution in [2.75, 3.05) is 6.54 Å². The summed E-state index contributed by atoms with van der Waals surface area (Å²) in [6, 6.07) is 1.90. The molecule has 1 aromatic rings. The lowest BCUT2D eigenvalue weighted by Crippen LogP contribution is -2.27. The third-order valence-corrected chi connectivity index (χ3v) is 3.98. The number of halogens is 2. The maximum absolute atomic E-state index is 13.7. The molecule has 3 heteroatoms. The molecule has 0 bridgehead atoms. The third-order valence-electron chi connectivity index (χ3n) is 3.42. The van der Waals surface area contributed by atoms with Crippen LogP contribution in [0.3, 0.4) is 0 Å². The van der Waals surface area contributed by atoms with Crippen LogP contribution in [0.25, 0.3) is 0 Å². The van der Waals surface area contributed by atoms with E-state index >= 15 is 0 Å². The van der Waals surface area contributed by atoms with Gasteiger partial charge in [-0.05, 0) is 50.4 Å². The average molecular weight is 242 g/mol. The number of benzene rings is 1. The van der Waals surface area contributed by atoms with Gasteiger partial charge in [0.2, 0.25) is 0 Å². The van der Waals surface area contributed by atoms with Gasteiger partial charge in [0, 0.05) is 16.6 Å². The van der Waals surface area contributed by atoms with Gasteiger partial charge in [0.25, 0.3) is 0 Å². The minimum atomic E-state index is -0.196. The largest absolute Gasteiger partial charge is 0.310 e. The van der Waals surface area contributed by atoms with Crippen molar-refractivity contribution in [3.63, 3.8) is 0 Å². The first-order valence-electron chi connectivity index (χ1n) is 5.79. The second kappa shape index (κ2) is 4.72. The van der Waals surface area contributed by atoms with E-state index in [4.69, 9.17) is 11.6 Å². The van der Waals surface area contributed by atoms with E-state index in [1.807, 2.05) is 6.92 Å². The molecule has 1 heterocycles. The number of hydrogen-bond acceptors (Lipinski definition) is 1. The molecular formula is C13H17ClFN. The first-order chi connectivity index (χ1) is 7.61. The fourth-order valence-electron chi connectivity index (χ4n) is 2.35. The average Bonchev–Trinajstić information content (AvgIpc) is 2.32. The van der Waals surface area contributed by atoms with Crippen molar-refractivity contribution in [3.8, 4) is 0 Å². The summed E-state index contributed by atoms with van der Waals surface area (Å²) in [5, 5.41) is 4.00. The molecule has 1 aromatic carbocycles. The highest BCUT2D eigenvalue weighted by Crippen LogP contribution is 2.32. The van der Waals surface area contributed by atoms with Crippen molar-refractivity contribution in [1.29, 1.82) is 0 Å². The zero-order chi connectivity index (χ0) is 11.7. The molecule has 0 aliphatic carbocycles. The van der Waals surface area contributed by atoms with Crippen molar-refractivity contribution in [2.24, 2.45) is 0 Å². The number of hydrogen-bond donors (Lipinski definition) is 1. The first-order valence-corrected chi connectivity index (χ1v) is 6.17. The fourth-order valence-corrected chi connectivity index (χ4v) is 2.54. The molecule has 1 fully saturated rings. The summed E-state index contributed by atoms with van der Waals surface area (Å²) in [6.07, 6.45) is 3.47. The van der Waals surface area contributed by atoms with Crippen LogP contribution >= 0.6 is 11.6 Å². The molecular weight excluding hydrogens is 225 g/mol. The molecule has 1 nitrogen and oxygen atoms in total. The van der Waals surface area contributed by atoms with Gasteiger partial charge in [0.15, 0.2) is 0 Å². The van der Waals surface area contributed by atoms with Gasteiger partial charge >= 0.3 is 0 Å². The standard InChI is InChI=1S/C13H17ClFN/c1-8-10(12-5-3-4-6-16-12)7-11(15)9(2)13(8)14/h7,12,16H,3-6H2,1-2H3. The highest BCUT2D eigenvalue weighted by molar-refractivity contribution is 6.32. The smallest absolute Gasteiger partial charge is 0.127 e. The van der Waals surface area contributed by atoms with Crippen LogP contribution in [0.2, 0.25) is 5.02 Å². The minimum absolute atomic E-state index is 0.196. The van der Waals surface area contributed by atoms with Gasteiger partial charge in [0.05, 0.1) is 0 Å². The van der Waals surface area contributed by atoms with E-state index in [1.54, 1.807) is 13.0 Å². The Balaban J connectivity index is 2.40. The van der Waals surface area contributed by atoms with Gasteiger partial charge in [-0.2, -0.15) is 0 Å². The summed E-state index contributed by atoms with van der Waals surface area (Å²) in [5.74, 6) is -0.196. The monoisotopic (exact) mass is 241 g/mol. The van der Waals surface area contributed by atoms with Crippen LogP contribution in [0.1, 0.15) is 42.0 Å². The Bertz CT molecular complexity index is 397. The molecule has 16 heavy (non-hydrogen) atoms. The van der Waals surface area contributed by atoms with Crippen LogP contribution in [-0.4, -0.2) is 6.54 Å². The molecule has 1 aliphatic rings. The zero-order valence-corrected chi connectivity index (χ0v) is 10.5. The molecule has 0 spiro atoms. The topological polar surface area (TPSA) is 12.0 Å². The summed E-state index contributed by atoms with van der Waals surface area (Å²) in [7, 11) is 0. The number of rotatable bonds is 1. The lowest BCUT2D eigenvalue weighted by atomic mass is 9.93. The summed E-state index contributed by atoms with van der Waals surface area (Å²) in [6.45, 7) is 4.71. The van der Waals surface area contributed by atoms with Gasteiger partial charge in [-0.1, -0.05) is 18.0 Å². The summed E-state index contributed by atoms with van der Waals surface area (Å²) in [5.41, 5.74) is 2.59. The van der Waals surface area contributed by atoms with Crippen LogP contribution in [-0.2, 0) is 0 Å². The maximum atomic E-state index is 13.7. The predicted molar refractivity (Wildman–Crippen MR) is 65.5 cm³/mol. The Kier molecular flexibility index (Phi) is 3.50. The maximum Gasteiger partial charge on any atom is 0.127 e. The lowest BCUT2D eigenvalue weighted by Gasteiger charge is -2.26. The highest BCUT2D eigenvalue weighted by atomic mass is 35.5. The predicted octanol–water partition coefficient (Wildman–Crippen LogP) is 3.91. The van der Waals surface area contributed by atoms with Crippen LogP contribution in [0.4, 0.5) is 4.39 Å². The molecule has 0 saturated carbocycles. The number of nitrogens with one attached hydrogen (secondary N) is 1. The Hall–Kier alpha value is -0.600. The van der Waals surface area contributed by atoms with Crippen molar-refractivity contribution >= 4 is 11.6 Å². The van der Waals surface area contributed by atoms with E-state index in [-0.39, 0.29) is 11.9 Å².